The number of rotatable bonds is 17. The Balaban J connectivity index is 1.02. The van der Waals surface area contributed by atoms with Crippen molar-refractivity contribution in [2.45, 2.75) is 86.9 Å². The van der Waals surface area contributed by atoms with Gasteiger partial charge in [-0.2, -0.15) is 0 Å². The minimum absolute atomic E-state index is 0.166. The van der Waals surface area contributed by atoms with E-state index in [0.29, 0.717) is 25.7 Å². The number of hydrogen-bond donors (Lipinski definition) is 8. The summed E-state index contributed by atoms with van der Waals surface area (Å²) in [5.41, 5.74) is 7.86. The van der Waals surface area contributed by atoms with Gasteiger partial charge in [0.15, 0.2) is 0 Å². The lowest BCUT2D eigenvalue weighted by molar-refractivity contribution is -0.143. The fourth-order valence-corrected chi connectivity index (χ4v) is 10.1. The number of aliphatic hydroxyl groups excluding tert-OH is 2. The SMILES string of the molecule is CN[C@@H](CO)C(=O)N[C@@H](CC[C@H](NC(=O)[C@H](CO)NC)C(=O)N1CCC[C@H]1C(=O)NC1c2ccccc2-c2ccccc21)C(=O)N1CCC[C@H]1C(=O)NC1c2ccccc2-c2ccccc21. The molecule has 2 aliphatic carbocycles. The summed E-state index contributed by atoms with van der Waals surface area (Å²) < 4.78 is 0. The molecule has 0 bridgehead atoms. The highest BCUT2D eigenvalue weighted by Crippen LogP contribution is 2.44. The Morgan fingerprint density at radius 1 is 0.515 bits per heavy atom. The van der Waals surface area contributed by atoms with Crippen molar-refractivity contribution in [2.75, 3.05) is 40.4 Å². The van der Waals surface area contributed by atoms with Gasteiger partial charge in [0, 0.05) is 13.1 Å². The van der Waals surface area contributed by atoms with Crippen LogP contribution in [0.2, 0.25) is 0 Å². The van der Waals surface area contributed by atoms with Crippen LogP contribution in [0.25, 0.3) is 22.3 Å². The van der Waals surface area contributed by atoms with E-state index in [-0.39, 0.29) is 37.7 Å². The summed E-state index contributed by atoms with van der Waals surface area (Å²) in [5, 5.41) is 37.4. The van der Waals surface area contributed by atoms with Gasteiger partial charge in [0.1, 0.15) is 36.3 Å². The standard InChI is InChI=1S/C50H58N8O8/c1-51-39(27-59)45(61)53-37(49(65)57-25-11-21-41(57)47(63)55-43-33-17-7-3-13-29(33)30-14-4-8-18-34(30)43)23-24-38(54-46(62)40(28-60)52-2)50(66)58-26-12-22-42(58)48(64)56-44-35-19-9-5-15-31(35)32-16-6-10-20-36(32)44/h3-10,13-20,37-44,51-52,59-60H,11-12,21-28H2,1-2H3,(H,53,61)(H,54,62)(H,55,63)(H,56,64)/t37-,38-,39-,40-,41-,42-/m0/s1. The molecular formula is C50H58N8O8. The molecule has 346 valence electrons. The Bertz CT molecular complexity index is 2210. The summed E-state index contributed by atoms with van der Waals surface area (Å²) in [5.74, 6) is -3.17. The van der Waals surface area contributed by atoms with Crippen LogP contribution in [-0.2, 0) is 28.8 Å². The number of nitrogens with one attached hydrogen (secondary N) is 6. The molecule has 0 unspecified atom stereocenters. The van der Waals surface area contributed by atoms with E-state index in [1.165, 1.54) is 23.9 Å². The van der Waals surface area contributed by atoms with Crippen LogP contribution in [0.4, 0.5) is 0 Å². The summed E-state index contributed by atoms with van der Waals surface area (Å²) in [6.45, 7) is -0.669. The van der Waals surface area contributed by atoms with Gasteiger partial charge >= 0.3 is 0 Å². The third kappa shape index (κ3) is 9.05. The first-order valence-corrected chi connectivity index (χ1v) is 22.8. The van der Waals surface area contributed by atoms with Gasteiger partial charge in [-0.25, -0.2) is 0 Å². The van der Waals surface area contributed by atoms with Gasteiger partial charge in [0.25, 0.3) is 0 Å². The van der Waals surface area contributed by atoms with Crippen molar-refractivity contribution in [2.24, 2.45) is 0 Å². The number of amides is 6. The smallest absolute Gasteiger partial charge is 0.245 e. The maximum absolute atomic E-state index is 14.7. The predicted octanol–water partition coefficient (Wildman–Crippen LogP) is 1.65. The Labute approximate surface area is 383 Å². The molecule has 8 rings (SSSR count). The number of nitrogens with zero attached hydrogens (tertiary/aromatic N) is 2. The predicted molar refractivity (Wildman–Crippen MR) is 246 cm³/mol. The highest BCUT2D eigenvalue weighted by Gasteiger charge is 2.43. The van der Waals surface area contributed by atoms with Crippen molar-refractivity contribution in [1.82, 2.24) is 41.7 Å². The third-order valence-electron chi connectivity index (χ3n) is 13.6. The lowest BCUT2D eigenvalue weighted by Gasteiger charge is -2.32. The fraction of sp³-hybridized carbons (Fsp3) is 0.400. The normalized spacial score (nSPS) is 19.2. The number of benzene rings is 4. The highest BCUT2D eigenvalue weighted by atomic mass is 16.3. The van der Waals surface area contributed by atoms with Crippen LogP contribution in [0.1, 0.15) is 72.9 Å². The van der Waals surface area contributed by atoms with E-state index in [0.717, 1.165) is 44.5 Å². The van der Waals surface area contributed by atoms with E-state index in [2.05, 4.69) is 31.9 Å². The van der Waals surface area contributed by atoms with Gasteiger partial charge in [0.05, 0.1) is 25.3 Å². The summed E-state index contributed by atoms with van der Waals surface area (Å²) in [6, 6.07) is 24.1. The van der Waals surface area contributed by atoms with Crippen molar-refractivity contribution in [3.8, 4) is 22.3 Å². The number of carbonyl (C=O) groups is 6. The molecule has 16 heteroatoms. The van der Waals surface area contributed by atoms with Crippen LogP contribution >= 0.6 is 0 Å². The van der Waals surface area contributed by atoms with Crippen molar-refractivity contribution in [1.29, 1.82) is 0 Å². The minimum Gasteiger partial charge on any atom is -0.394 e. The molecular weight excluding hydrogens is 841 g/mol. The van der Waals surface area contributed by atoms with Crippen molar-refractivity contribution in [3.05, 3.63) is 119 Å². The molecule has 6 amide bonds. The second kappa shape index (κ2) is 20.4. The van der Waals surface area contributed by atoms with Crippen LogP contribution < -0.4 is 31.9 Å². The second-order valence-corrected chi connectivity index (χ2v) is 17.4. The van der Waals surface area contributed by atoms with Gasteiger partial charge in [-0.1, -0.05) is 97.1 Å². The monoisotopic (exact) mass is 898 g/mol. The third-order valence-corrected chi connectivity index (χ3v) is 13.6. The topological polar surface area (TPSA) is 222 Å². The van der Waals surface area contributed by atoms with E-state index in [1.54, 1.807) is 0 Å². The van der Waals surface area contributed by atoms with Crippen LogP contribution in [-0.4, -0.2) is 132 Å². The van der Waals surface area contributed by atoms with Gasteiger partial charge in [-0.05, 0) is 97.1 Å². The summed E-state index contributed by atoms with van der Waals surface area (Å²) in [7, 11) is 2.99. The van der Waals surface area contributed by atoms with E-state index in [4.69, 9.17) is 0 Å². The molecule has 66 heavy (non-hydrogen) atoms. The molecule has 0 spiro atoms. The Morgan fingerprint density at radius 3 is 1.14 bits per heavy atom. The van der Waals surface area contributed by atoms with E-state index < -0.39 is 85.2 Å². The maximum Gasteiger partial charge on any atom is 0.245 e. The quantitative estimate of drug-likeness (QED) is 0.0766. The molecule has 0 saturated carbocycles. The average molecular weight is 899 g/mol. The zero-order chi connectivity index (χ0) is 46.5. The Kier molecular flexibility index (Phi) is 14.2. The van der Waals surface area contributed by atoms with Gasteiger partial charge in [-0.3, -0.25) is 28.8 Å². The second-order valence-electron chi connectivity index (χ2n) is 17.4. The maximum atomic E-state index is 14.7. The molecule has 6 atom stereocenters. The molecule has 2 saturated heterocycles. The number of hydrogen-bond acceptors (Lipinski definition) is 10. The first kappa shape index (κ1) is 46.1. The first-order valence-electron chi connectivity index (χ1n) is 22.8. The number of aliphatic hydroxyl groups is 2. The zero-order valence-electron chi connectivity index (χ0n) is 37.2. The lowest BCUT2D eigenvalue weighted by Crippen LogP contribution is -2.58. The van der Waals surface area contributed by atoms with Gasteiger partial charge in [-0.15, -0.1) is 0 Å². The average Bonchev–Trinajstić information content (AvgIpc) is 4.16. The number of likely N-dealkylation sites (tertiary alicyclic amines) is 2. The van der Waals surface area contributed by atoms with Crippen molar-refractivity contribution < 1.29 is 39.0 Å². The van der Waals surface area contributed by atoms with Crippen LogP contribution in [0.5, 0.6) is 0 Å². The number of carbonyl (C=O) groups excluding carboxylic acids is 6. The lowest BCUT2D eigenvalue weighted by atomic mass is 10.0. The molecule has 2 heterocycles. The Hall–Kier alpha value is -6.46. The number of fused-ring (bicyclic) bond motifs is 6. The molecule has 8 N–H and O–H groups in total. The molecule has 4 aromatic carbocycles. The van der Waals surface area contributed by atoms with Crippen LogP contribution in [0, 0.1) is 0 Å². The molecule has 0 aromatic heterocycles. The molecule has 4 aromatic rings. The van der Waals surface area contributed by atoms with Crippen LogP contribution in [0.15, 0.2) is 97.1 Å². The Morgan fingerprint density at radius 2 is 0.833 bits per heavy atom. The highest BCUT2D eigenvalue weighted by molar-refractivity contribution is 5.96. The molecule has 16 nitrogen and oxygen atoms in total. The zero-order valence-corrected chi connectivity index (χ0v) is 37.2. The number of likely N-dealkylation sites (N-methyl/N-ethyl adjacent to an activating group) is 2. The van der Waals surface area contributed by atoms with Gasteiger partial charge < -0.3 is 51.9 Å². The van der Waals surface area contributed by atoms with E-state index >= 15 is 0 Å². The molecule has 0 radical (unpaired) electrons. The first-order chi connectivity index (χ1) is 32.1. The summed E-state index contributed by atoms with van der Waals surface area (Å²) in [6.07, 6.45) is 1.48. The van der Waals surface area contributed by atoms with E-state index in [9.17, 15) is 39.0 Å². The van der Waals surface area contributed by atoms with E-state index in [1.807, 2.05) is 97.1 Å². The largest absolute Gasteiger partial charge is 0.394 e. The molecule has 2 aliphatic heterocycles. The van der Waals surface area contributed by atoms with Crippen LogP contribution in [0.3, 0.4) is 0 Å². The fourth-order valence-electron chi connectivity index (χ4n) is 10.1. The minimum atomic E-state index is -1.29. The van der Waals surface area contributed by atoms with Gasteiger partial charge in [0.2, 0.25) is 35.4 Å². The molecule has 2 fully saturated rings. The van der Waals surface area contributed by atoms with Crippen molar-refractivity contribution >= 4 is 35.4 Å². The summed E-state index contributed by atoms with van der Waals surface area (Å²) >= 11 is 0. The van der Waals surface area contributed by atoms with Crippen molar-refractivity contribution in [3.63, 3.8) is 0 Å². The molecule has 4 aliphatic rings. The summed E-state index contributed by atoms with van der Waals surface area (Å²) in [4.78, 5) is 88.0.